The van der Waals surface area contributed by atoms with Gasteiger partial charge in [-0.1, -0.05) is 23.7 Å². The van der Waals surface area contributed by atoms with Crippen molar-refractivity contribution in [1.29, 1.82) is 0 Å². The third-order valence-electron chi connectivity index (χ3n) is 3.05. The van der Waals surface area contributed by atoms with Crippen LogP contribution in [0.2, 0.25) is 5.02 Å². The van der Waals surface area contributed by atoms with Crippen LogP contribution in [0.25, 0.3) is 11.3 Å². The lowest BCUT2D eigenvalue weighted by Crippen LogP contribution is -2.06. The van der Waals surface area contributed by atoms with Gasteiger partial charge in [-0.25, -0.2) is 9.97 Å². The molecule has 2 aromatic rings. The van der Waals surface area contributed by atoms with Crippen LogP contribution in [0.4, 0.5) is 5.82 Å². The second-order valence-electron chi connectivity index (χ2n) is 4.59. The van der Waals surface area contributed by atoms with Crippen molar-refractivity contribution in [2.75, 3.05) is 11.9 Å². The molecule has 1 N–H and O–H groups in total. The van der Waals surface area contributed by atoms with Gasteiger partial charge in [0.2, 0.25) is 0 Å². The summed E-state index contributed by atoms with van der Waals surface area (Å²) < 4.78 is 0. The summed E-state index contributed by atoms with van der Waals surface area (Å²) in [4.78, 5) is 8.98. The lowest BCUT2D eigenvalue weighted by atomic mass is 10.1. The van der Waals surface area contributed by atoms with Gasteiger partial charge in [-0.2, -0.15) is 0 Å². The standard InChI is InChI=1S/C15H18ClN3/c1-5-17-15-10(3)14(18-11(4)19-15)12-7-6-9(2)13(16)8-12/h6-8H,5H2,1-4H3,(H,17,18,19). The second kappa shape index (κ2) is 5.57. The Morgan fingerprint density at radius 1 is 1.16 bits per heavy atom. The smallest absolute Gasteiger partial charge is 0.133 e. The zero-order valence-electron chi connectivity index (χ0n) is 11.7. The van der Waals surface area contributed by atoms with Gasteiger partial charge in [0.05, 0.1) is 5.69 Å². The van der Waals surface area contributed by atoms with Gasteiger partial charge in [0.25, 0.3) is 0 Å². The topological polar surface area (TPSA) is 37.8 Å². The van der Waals surface area contributed by atoms with Crippen LogP contribution in [0.1, 0.15) is 23.9 Å². The Hall–Kier alpha value is -1.61. The van der Waals surface area contributed by atoms with Crippen molar-refractivity contribution in [3.8, 4) is 11.3 Å². The number of aryl methyl sites for hydroxylation is 2. The number of halogens is 1. The first-order valence-corrected chi connectivity index (χ1v) is 6.76. The average Bonchev–Trinajstić information content (AvgIpc) is 2.37. The molecule has 1 aromatic carbocycles. The first-order chi connectivity index (χ1) is 9.02. The van der Waals surface area contributed by atoms with E-state index in [9.17, 15) is 0 Å². The molecule has 0 spiro atoms. The van der Waals surface area contributed by atoms with E-state index in [4.69, 9.17) is 11.6 Å². The van der Waals surface area contributed by atoms with E-state index in [1.807, 2.05) is 39.0 Å². The third kappa shape index (κ3) is 2.87. The summed E-state index contributed by atoms with van der Waals surface area (Å²) in [6.07, 6.45) is 0. The molecule has 0 aliphatic rings. The molecule has 19 heavy (non-hydrogen) atoms. The highest BCUT2D eigenvalue weighted by Crippen LogP contribution is 2.28. The number of hydrogen-bond donors (Lipinski definition) is 1. The first kappa shape index (κ1) is 13.8. The van der Waals surface area contributed by atoms with Crippen LogP contribution >= 0.6 is 11.6 Å². The van der Waals surface area contributed by atoms with Gasteiger partial charge in [0, 0.05) is 22.7 Å². The maximum atomic E-state index is 6.20. The van der Waals surface area contributed by atoms with E-state index >= 15 is 0 Å². The highest BCUT2D eigenvalue weighted by atomic mass is 35.5. The molecular formula is C15H18ClN3. The predicted octanol–water partition coefficient (Wildman–Crippen LogP) is 4.15. The van der Waals surface area contributed by atoms with Gasteiger partial charge in [-0.3, -0.25) is 0 Å². The SMILES string of the molecule is CCNc1nc(C)nc(-c2ccc(C)c(Cl)c2)c1C. The van der Waals surface area contributed by atoms with E-state index in [-0.39, 0.29) is 0 Å². The Morgan fingerprint density at radius 3 is 2.53 bits per heavy atom. The fourth-order valence-electron chi connectivity index (χ4n) is 1.99. The fourth-order valence-corrected chi connectivity index (χ4v) is 2.17. The molecule has 0 fully saturated rings. The average molecular weight is 276 g/mol. The van der Waals surface area contributed by atoms with Crippen molar-refractivity contribution < 1.29 is 0 Å². The molecule has 0 aliphatic heterocycles. The number of nitrogens with zero attached hydrogens (tertiary/aromatic N) is 2. The zero-order chi connectivity index (χ0) is 14.0. The van der Waals surface area contributed by atoms with E-state index in [0.717, 1.165) is 45.6 Å². The van der Waals surface area contributed by atoms with Crippen molar-refractivity contribution in [1.82, 2.24) is 9.97 Å². The lowest BCUT2D eigenvalue weighted by Gasteiger charge is -2.12. The quantitative estimate of drug-likeness (QED) is 0.914. The molecule has 2 rings (SSSR count). The maximum Gasteiger partial charge on any atom is 0.133 e. The number of aromatic nitrogens is 2. The van der Waals surface area contributed by atoms with Gasteiger partial charge in [-0.15, -0.1) is 0 Å². The van der Waals surface area contributed by atoms with Crippen molar-refractivity contribution >= 4 is 17.4 Å². The predicted molar refractivity (Wildman–Crippen MR) is 80.9 cm³/mol. The van der Waals surface area contributed by atoms with Crippen LogP contribution in [0.15, 0.2) is 18.2 Å². The van der Waals surface area contributed by atoms with Crippen molar-refractivity contribution in [3.05, 3.63) is 40.2 Å². The van der Waals surface area contributed by atoms with E-state index in [0.29, 0.717) is 0 Å². The summed E-state index contributed by atoms with van der Waals surface area (Å²) >= 11 is 6.20. The summed E-state index contributed by atoms with van der Waals surface area (Å²) in [5.41, 5.74) is 4.08. The molecule has 0 amide bonds. The summed E-state index contributed by atoms with van der Waals surface area (Å²) in [7, 11) is 0. The number of nitrogens with one attached hydrogen (secondary N) is 1. The minimum absolute atomic E-state index is 0.758. The number of hydrogen-bond acceptors (Lipinski definition) is 3. The van der Waals surface area contributed by atoms with Gasteiger partial charge in [-0.05, 0) is 39.3 Å². The number of anilines is 1. The molecule has 0 bridgehead atoms. The summed E-state index contributed by atoms with van der Waals surface area (Å²) in [5.74, 6) is 1.65. The van der Waals surface area contributed by atoms with Crippen molar-refractivity contribution in [3.63, 3.8) is 0 Å². The minimum Gasteiger partial charge on any atom is -0.370 e. The molecule has 4 heteroatoms. The Morgan fingerprint density at radius 2 is 1.89 bits per heavy atom. The molecule has 1 aromatic heterocycles. The molecule has 0 atom stereocenters. The van der Waals surface area contributed by atoms with E-state index in [2.05, 4.69) is 22.2 Å². The molecule has 0 unspecified atom stereocenters. The van der Waals surface area contributed by atoms with Crippen LogP contribution in [0.3, 0.4) is 0 Å². The molecule has 0 radical (unpaired) electrons. The van der Waals surface area contributed by atoms with Crippen molar-refractivity contribution in [2.45, 2.75) is 27.7 Å². The molecular weight excluding hydrogens is 258 g/mol. The van der Waals surface area contributed by atoms with Gasteiger partial charge < -0.3 is 5.32 Å². The van der Waals surface area contributed by atoms with Crippen LogP contribution < -0.4 is 5.32 Å². The van der Waals surface area contributed by atoms with E-state index < -0.39 is 0 Å². The highest BCUT2D eigenvalue weighted by Gasteiger charge is 2.11. The summed E-state index contributed by atoms with van der Waals surface area (Å²) in [6.45, 7) is 8.82. The summed E-state index contributed by atoms with van der Waals surface area (Å²) in [5, 5.41) is 4.03. The first-order valence-electron chi connectivity index (χ1n) is 6.38. The Bertz CT molecular complexity index is 609. The number of benzene rings is 1. The Balaban J connectivity index is 2.57. The minimum atomic E-state index is 0.758. The molecule has 0 saturated carbocycles. The van der Waals surface area contributed by atoms with Gasteiger partial charge in [0.1, 0.15) is 11.6 Å². The molecule has 100 valence electrons. The Labute approximate surface area is 119 Å². The number of rotatable bonds is 3. The second-order valence-corrected chi connectivity index (χ2v) is 4.99. The summed E-state index contributed by atoms with van der Waals surface area (Å²) in [6, 6.07) is 6.02. The largest absolute Gasteiger partial charge is 0.370 e. The van der Waals surface area contributed by atoms with Crippen LogP contribution in [0, 0.1) is 20.8 Å². The molecule has 1 heterocycles. The normalized spacial score (nSPS) is 10.6. The van der Waals surface area contributed by atoms with Crippen molar-refractivity contribution in [2.24, 2.45) is 0 Å². The zero-order valence-corrected chi connectivity index (χ0v) is 12.5. The lowest BCUT2D eigenvalue weighted by molar-refractivity contribution is 1.02. The van der Waals surface area contributed by atoms with Gasteiger partial charge in [0.15, 0.2) is 0 Å². The molecule has 3 nitrogen and oxygen atoms in total. The van der Waals surface area contributed by atoms with Gasteiger partial charge >= 0.3 is 0 Å². The highest BCUT2D eigenvalue weighted by molar-refractivity contribution is 6.31. The monoisotopic (exact) mass is 275 g/mol. The van der Waals surface area contributed by atoms with Crippen LogP contribution in [-0.2, 0) is 0 Å². The third-order valence-corrected chi connectivity index (χ3v) is 3.45. The van der Waals surface area contributed by atoms with E-state index in [1.165, 1.54) is 0 Å². The molecule has 0 saturated heterocycles. The fraction of sp³-hybridized carbons (Fsp3) is 0.333. The molecule has 0 aliphatic carbocycles. The maximum absolute atomic E-state index is 6.20. The Kier molecular flexibility index (Phi) is 4.05. The van der Waals surface area contributed by atoms with E-state index in [1.54, 1.807) is 0 Å². The van der Waals surface area contributed by atoms with Crippen LogP contribution in [-0.4, -0.2) is 16.5 Å². The van der Waals surface area contributed by atoms with Crippen LogP contribution in [0.5, 0.6) is 0 Å².